The van der Waals surface area contributed by atoms with Crippen LogP contribution in [-0.4, -0.2) is 38.6 Å². The lowest BCUT2D eigenvalue weighted by Gasteiger charge is -2.26. The maximum atomic E-state index is 12.0. The highest BCUT2D eigenvalue weighted by atomic mass is 16.6. The van der Waals surface area contributed by atoms with Crippen molar-refractivity contribution >= 4 is 11.8 Å². The van der Waals surface area contributed by atoms with Gasteiger partial charge in [-0.3, -0.25) is 4.90 Å². The van der Waals surface area contributed by atoms with E-state index in [1.54, 1.807) is 12.0 Å². The average molecular weight is 316 g/mol. The van der Waals surface area contributed by atoms with E-state index in [9.17, 15) is 4.79 Å². The number of benzene rings is 1. The minimum Gasteiger partial charge on any atom is -0.490 e. The normalized spacial score (nSPS) is 23.0. The van der Waals surface area contributed by atoms with E-state index in [2.05, 4.69) is 6.07 Å². The maximum absolute atomic E-state index is 12.0. The number of nitrogens with zero attached hydrogens (tertiary/aromatic N) is 2. The molecule has 122 valence electrons. The van der Waals surface area contributed by atoms with Crippen LogP contribution < -0.4 is 9.64 Å². The molecular formula is C17H20N2O4. The van der Waals surface area contributed by atoms with Crippen LogP contribution in [0.5, 0.6) is 5.75 Å². The van der Waals surface area contributed by atoms with Crippen LogP contribution in [0.4, 0.5) is 10.5 Å². The fourth-order valence-electron chi connectivity index (χ4n) is 3.03. The van der Waals surface area contributed by atoms with Gasteiger partial charge in [0, 0.05) is 19.2 Å². The second-order valence-electron chi connectivity index (χ2n) is 5.84. The Morgan fingerprint density at radius 1 is 1.39 bits per heavy atom. The number of aryl methyl sites for hydroxylation is 1. The molecule has 1 saturated heterocycles. The van der Waals surface area contributed by atoms with Crippen molar-refractivity contribution in [1.29, 1.82) is 5.26 Å². The summed E-state index contributed by atoms with van der Waals surface area (Å²) >= 11 is 0. The molecule has 1 fully saturated rings. The molecule has 0 spiro atoms. The van der Waals surface area contributed by atoms with Crippen molar-refractivity contribution < 1.29 is 19.0 Å². The largest absolute Gasteiger partial charge is 0.490 e. The van der Waals surface area contributed by atoms with Gasteiger partial charge in [0.2, 0.25) is 0 Å². The summed E-state index contributed by atoms with van der Waals surface area (Å²) in [6, 6.07) is 7.93. The van der Waals surface area contributed by atoms with Crippen molar-refractivity contribution in [3.05, 3.63) is 23.8 Å². The fraction of sp³-hybridized carbons (Fsp3) is 0.529. The first kappa shape index (κ1) is 15.6. The van der Waals surface area contributed by atoms with Crippen LogP contribution in [0.1, 0.15) is 24.8 Å². The third-order valence-corrected chi connectivity index (χ3v) is 4.19. The zero-order chi connectivity index (χ0) is 16.2. The van der Waals surface area contributed by atoms with Crippen molar-refractivity contribution in [1.82, 2.24) is 0 Å². The topological polar surface area (TPSA) is 71.8 Å². The quantitative estimate of drug-likeness (QED) is 0.835. The van der Waals surface area contributed by atoms with Crippen LogP contribution in [0.3, 0.4) is 0 Å². The molecular weight excluding hydrogens is 296 g/mol. The number of hydrogen-bond acceptors (Lipinski definition) is 5. The zero-order valence-electron chi connectivity index (χ0n) is 13.2. The van der Waals surface area contributed by atoms with E-state index in [4.69, 9.17) is 19.5 Å². The van der Waals surface area contributed by atoms with E-state index in [1.807, 2.05) is 18.2 Å². The number of amides is 1. The standard InChI is InChI=1S/C17H20N2O4/c1-21-11-15-10-19(17(20)23-15)13-5-7-16-12(9-13)4-6-14(22-16)3-2-8-18/h5,7,9,14-15H,2-4,6,10-11H2,1H3. The summed E-state index contributed by atoms with van der Waals surface area (Å²) in [5.74, 6) is 0.851. The number of carbonyl (C=O) groups is 1. The predicted molar refractivity (Wildman–Crippen MR) is 83.5 cm³/mol. The van der Waals surface area contributed by atoms with Crippen molar-refractivity contribution in [3.8, 4) is 11.8 Å². The summed E-state index contributed by atoms with van der Waals surface area (Å²) in [6.07, 6.45) is 2.60. The van der Waals surface area contributed by atoms with Gasteiger partial charge in [-0.25, -0.2) is 4.79 Å². The van der Waals surface area contributed by atoms with Gasteiger partial charge in [-0.2, -0.15) is 5.26 Å². The molecule has 0 bridgehead atoms. The van der Waals surface area contributed by atoms with Gasteiger partial charge in [-0.05, 0) is 43.0 Å². The SMILES string of the molecule is COCC1CN(c2ccc3c(c2)CCC(CCC#N)O3)C(=O)O1. The molecule has 6 heteroatoms. The number of fused-ring (bicyclic) bond motifs is 1. The van der Waals surface area contributed by atoms with Crippen molar-refractivity contribution in [3.63, 3.8) is 0 Å². The molecule has 2 unspecified atom stereocenters. The Bertz CT molecular complexity index is 626. The Kier molecular flexibility index (Phi) is 4.68. The lowest BCUT2D eigenvalue weighted by Crippen LogP contribution is -2.27. The lowest BCUT2D eigenvalue weighted by molar-refractivity contribution is 0.0718. The number of cyclic esters (lactones) is 1. The first-order chi connectivity index (χ1) is 11.2. The lowest BCUT2D eigenvalue weighted by atomic mass is 9.99. The summed E-state index contributed by atoms with van der Waals surface area (Å²) in [5, 5.41) is 8.67. The molecule has 0 aliphatic carbocycles. The summed E-state index contributed by atoms with van der Waals surface area (Å²) < 4.78 is 16.3. The summed E-state index contributed by atoms with van der Waals surface area (Å²) in [4.78, 5) is 13.6. The Morgan fingerprint density at radius 2 is 2.26 bits per heavy atom. The van der Waals surface area contributed by atoms with Gasteiger partial charge < -0.3 is 14.2 Å². The monoisotopic (exact) mass is 316 g/mol. The molecule has 0 radical (unpaired) electrons. The van der Waals surface area contributed by atoms with Gasteiger partial charge in [0.25, 0.3) is 0 Å². The molecule has 6 nitrogen and oxygen atoms in total. The van der Waals surface area contributed by atoms with Gasteiger partial charge >= 0.3 is 6.09 Å². The van der Waals surface area contributed by atoms with E-state index in [1.165, 1.54) is 0 Å². The smallest absolute Gasteiger partial charge is 0.414 e. The second kappa shape index (κ2) is 6.88. The Hall–Kier alpha value is -2.26. The molecule has 2 atom stereocenters. The number of anilines is 1. The number of carbonyl (C=O) groups excluding carboxylic acids is 1. The van der Waals surface area contributed by atoms with Crippen LogP contribution in [-0.2, 0) is 15.9 Å². The molecule has 1 aromatic rings. The molecule has 2 heterocycles. The van der Waals surface area contributed by atoms with Gasteiger partial charge in [-0.15, -0.1) is 0 Å². The van der Waals surface area contributed by atoms with Crippen molar-refractivity contribution in [2.24, 2.45) is 0 Å². The number of ether oxygens (including phenoxy) is 3. The molecule has 0 aromatic heterocycles. The minimum atomic E-state index is -0.337. The van der Waals surface area contributed by atoms with Crippen molar-refractivity contribution in [2.45, 2.75) is 37.9 Å². The van der Waals surface area contributed by atoms with E-state index < -0.39 is 0 Å². The van der Waals surface area contributed by atoms with Gasteiger partial charge in [0.15, 0.2) is 0 Å². The molecule has 23 heavy (non-hydrogen) atoms. The highest BCUT2D eigenvalue weighted by molar-refractivity contribution is 5.90. The fourth-order valence-corrected chi connectivity index (χ4v) is 3.03. The molecule has 2 aliphatic rings. The van der Waals surface area contributed by atoms with E-state index in [0.717, 1.165) is 36.3 Å². The van der Waals surface area contributed by atoms with E-state index in [-0.39, 0.29) is 18.3 Å². The van der Waals surface area contributed by atoms with E-state index in [0.29, 0.717) is 19.6 Å². The third-order valence-electron chi connectivity index (χ3n) is 4.19. The number of methoxy groups -OCH3 is 1. The summed E-state index contributed by atoms with van der Waals surface area (Å²) in [6.45, 7) is 0.897. The van der Waals surface area contributed by atoms with Crippen LogP contribution in [0.25, 0.3) is 0 Å². The minimum absolute atomic E-state index is 0.107. The van der Waals surface area contributed by atoms with Gasteiger partial charge in [-0.1, -0.05) is 0 Å². The summed E-state index contributed by atoms with van der Waals surface area (Å²) in [5.41, 5.74) is 1.92. The van der Waals surface area contributed by atoms with Crippen LogP contribution in [0.2, 0.25) is 0 Å². The number of rotatable bonds is 5. The van der Waals surface area contributed by atoms with Crippen molar-refractivity contribution in [2.75, 3.05) is 25.2 Å². The predicted octanol–water partition coefficient (Wildman–Crippen LogP) is 2.66. The van der Waals surface area contributed by atoms with Crippen LogP contribution in [0.15, 0.2) is 18.2 Å². The summed E-state index contributed by atoms with van der Waals surface area (Å²) in [7, 11) is 1.59. The molecule has 1 aromatic carbocycles. The van der Waals surface area contributed by atoms with E-state index >= 15 is 0 Å². The van der Waals surface area contributed by atoms with Gasteiger partial charge in [0.1, 0.15) is 18.0 Å². The highest BCUT2D eigenvalue weighted by Gasteiger charge is 2.33. The first-order valence-electron chi connectivity index (χ1n) is 7.85. The second-order valence-corrected chi connectivity index (χ2v) is 5.84. The first-order valence-corrected chi connectivity index (χ1v) is 7.85. The Morgan fingerprint density at radius 3 is 3.04 bits per heavy atom. The molecule has 3 rings (SSSR count). The zero-order valence-corrected chi connectivity index (χ0v) is 13.2. The number of nitriles is 1. The average Bonchev–Trinajstić information content (AvgIpc) is 2.93. The van der Waals surface area contributed by atoms with Crippen LogP contribution in [0, 0.1) is 11.3 Å². The Labute approximate surface area is 135 Å². The van der Waals surface area contributed by atoms with Gasteiger partial charge in [0.05, 0.1) is 19.2 Å². The van der Waals surface area contributed by atoms with Crippen LogP contribution >= 0.6 is 0 Å². The highest BCUT2D eigenvalue weighted by Crippen LogP contribution is 2.33. The molecule has 0 saturated carbocycles. The Balaban J connectivity index is 1.70. The maximum Gasteiger partial charge on any atom is 0.414 e. The molecule has 1 amide bonds. The molecule has 0 N–H and O–H groups in total. The number of hydrogen-bond donors (Lipinski definition) is 0. The third kappa shape index (κ3) is 3.40. The molecule has 2 aliphatic heterocycles.